The van der Waals surface area contributed by atoms with Crippen LogP contribution in [-0.4, -0.2) is 28.6 Å². The highest BCUT2D eigenvalue weighted by molar-refractivity contribution is 5.89. The van der Waals surface area contributed by atoms with E-state index < -0.39 is 0 Å². The molecule has 0 aromatic heterocycles. The lowest BCUT2D eigenvalue weighted by molar-refractivity contribution is -0.136. The normalized spacial score (nSPS) is 27.2. The summed E-state index contributed by atoms with van der Waals surface area (Å²) in [6, 6.07) is 0.345. The number of rotatable bonds is 5. The highest BCUT2D eigenvalue weighted by Gasteiger charge is 2.54. The van der Waals surface area contributed by atoms with Crippen LogP contribution in [0.5, 0.6) is 0 Å². The topological polar surface area (TPSA) is 32.3 Å². The Kier molecular flexibility index (Phi) is 4.78. The number of carbonyl (C=O) groups is 1. The molecule has 3 heteroatoms. The molecule has 1 aliphatic heterocycles. The number of amides is 1. The third-order valence-corrected chi connectivity index (χ3v) is 5.63. The van der Waals surface area contributed by atoms with Gasteiger partial charge >= 0.3 is 0 Å². The molecule has 2 atom stereocenters. The lowest BCUT2D eigenvalue weighted by Gasteiger charge is -2.36. The van der Waals surface area contributed by atoms with Crippen LogP contribution >= 0.6 is 0 Å². The van der Waals surface area contributed by atoms with Crippen LogP contribution in [0.4, 0.5) is 0 Å². The first-order valence-electron chi connectivity index (χ1n) is 8.57. The van der Waals surface area contributed by atoms with Gasteiger partial charge in [-0.15, -0.1) is 0 Å². The van der Waals surface area contributed by atoms with E-state index in [1.54, 1.807) is 0 Å². The van der Waals surface area contributed by atoms with Crippen LogP contribution < -0.4 is 5.32 Å². The van der Waals surface area contributed by atoms with Gasteiger partial charge in [0.1, 0.15) is 0 Å². The average molecular weight is 280 g/mol. The molecule has 2 fully saturated rings. The highest BCUT2D eigenvalue weighted by Crippen LogP contribution is 2.40. The molecule has 1 amide bonds. The third-order valence-electron chi connectivity index (χ3n) is 5.63. The van der Waals surface area contributed by atoms with E-state index in [-0.39, 0.29) is 11.7 Å². The van der Waals surface area contributed by atoms with Crippen molar-refractivity contribution in [3.05, 3.63) is 0 Å². The second kappa shape index (κ2) is 6.05. The first-order chi connectivity index (χ1) is 9.46. The fourth-order valence-corrected chi connectivity index (χ4v) is 4.25. The molecule has 1 aliphatic carbocycles. The van der Waals surface area contributed by atoms with E-state index in [9.17, 15) is 4.79 Å². The molecule has 1 saturated heterocycles. The molecule has 1 saturated carbocycles. The Hall–Kier alpha value is -0.570. The van der Waals surface area contributed by atoms with Crippen molar-refractivity contribution in [1.29, 1.82) is 0 Å². The molecule has 2 aliphatic rings. The molecule has 2 rings (SSSR count). The fourth-order valence-electron chi connectivity index (χ4n) is 4.25. The van der Waals surface area contributed by atoms with Crippen LogP contribution in [0, 0.1) is 11.8 Å². The van der Waals surface area contributed by atoms with Crippen molar-refractivity contribution in [3.8, 4) is 0 Å². The SMILES string of the molecule is CCC(CC)C(C)N1C(=O)C2(CCCC2)NC1C(C)C. The summed E-state index contributed by atoms with van der Waals surface area (Å²) in [5, 5.41) is 3.73. The number of hydrogen-bond donors (Lipinski definition) is 1. The number of hydrogen-bond acceptors (Lipinski definition) is 2. The zero-order valence-electron chi connectivity index (χ0n) is 13.9. The predicted octanol–water partition coefficient (Wildman–Crippen LogP) is 3.54. The molecule has 20 heavy (non-hydrogen) atoms. The summed E-state index contributed by atoms with van der Waals surface area (Å²) in [7, 11) is 0. The number of carbonyl (C=O) groups excluding carboxylic acids is 1. The van der Waals surface area contributed by atoms with Gasteiger partial charge in [0.05, 0.1) is 11.7 Å². The Labute approximate surface area is 124 Å². The van der Waals surface area contributed by atoms with Crippen molar-refractivity contribution in [3.63, 3.8) is 0 Å². The molecule has 1 N–H and O–H groups in total. The summed E-state index contributed by atoms with van der Waals surface area (Å²) in [6.07, 6.45) is 6.96. The van der Waals surface area contributed by atoms with Crippen molar-refractivity contribution < 1.29 is 4.79 Å². The van der Waals surface area contributed by atoms with E-state index in [2.05, 4.69) is 44.8 Å². The van der Waals surface area contributed by atoms with Crippen LogP contribution in [0.3, 0.4) is 0 Å². The highest BCUT2D eigenvalue weighted by atomic mass is 16.2. The standard InChI is InChI=1S/C17H32N2O/c1-6-14(7-2)13(5)19-15(12(3)4)18-17(16(19)20)10-8-9-11-17/h12-15,18H,6-11H2,1-5H3. The first-order valence-corrected chi connectivity index (χ1v) is 8.57. The summed E-state index contributed by atoms with van der Waals surface area (Å²) in [5.74, 6) is 1.46. The number of nitrogens with one attached hydrogen (secondary N) is 1. The molecule has 0 radical (unpaired) electrons. The molecule has 0 aromatic rings. The summed E-state index contributed by atoms with van der Waals surface area (Å²) in [5.41, 5.74) is -0.227. The van der Waals surface area contributed by atoms with Crippen LogP contribution in [0.2, 0.25) is 0 Å². The van der Waals surface area contributed by atoms with Crippen molar-refractivity contribution >= 4 is 5.91 Å². The minimum atomic E-state index is -0.227. The van der Waals surface area contributed by atoms with Crippen LogP contribution in [0.15, 0.2) is 0 Å². The second-order valence-electron chi connectivity index (χ2n) is 7.15. The van der Waals surface area contributed by atoms with Gasteiger partial charge in [0.25, 0.3) is 0 Å². The Balaban J connectivity index is 2.26. The molecule has 0 aromatic carbocycles. The van der Waals surface area contributed by atoms with Crippen LogP contribution in [0.1, 0.15) is 73.1 Å². The largest absolute Gasteiger partial charge is 0.322 e. The molecular weight excluding hydrogens is 248 g/mol. The molecule has 1 spiro atoms. The maximum absolute atomic E-state index is 13.1. The molecule has 116 valence electrons. The smallest absolute Gasteiger partial charge is 0.244 e. The summed E-state index contributed by atoms with van der Waals surface area (Å²) >= 11 is 0. The average Bonchev–Trinajstić information content (AvgIpc) is 2.99. The molecule has 2 unspecified atom stereocenters. The van der Waals surface area contributed by atoms with Gasteiger partial charge in [0, 0.05) is 6.04 Å². The minimum Gasteiger partial charge on any atom is -0.322 e. The minimum absolute atomic E-state index is 0.219. The molecular formula is C17H32N2O. The van der Waals surface area contributed by atoms with Gasteiger partial charge in [-0.2, -0.15) is 0 Å². The van der Waals surface area contributed by atoms with E-state index in [1.807, 2.05) is 0 Å². The van der Waals surface area contributed by atoms with E-state index in [0.29, 0.717) is 23.8 Å². The van der Waals surface area contributed by atoms with Gasteiger partial charge in [0.2, 0.25) is 5.91 Å². The van der Waals surface area contributed by atoms with Crippen molar-refractivity contribution in [2.75, 3.05) is 0 Å². The summed E-state index contributed by atoms with van der Waals surface area (Å²) in [6.45, 7) is 11.2. The Morgan fingerprint density at radius 2 is 1.75 bits per heavy atom. The summed E-state index contributed by atoms with van der Waals surface area (Å²) in [4.78, 5) is 15.3. The molecule has 3 nitrogen and oxygen atoms in total. The first kappa shape index (κ1) is 15.8. The second-order valence-corrected chi connectivity index (χ2v) is 7.15. The Morgan fingerprint density at radius 3 is 2.20 bits per heavy atom. The lowest BCUT2D eigenvalue weighted by Crippen LogP contribution is -2.48. The Morgan fingerprint density at radius 1 is 1.20 bits per heavy atom. The van der Waals surface area contributed by atoms with Gasteiger partial charge in [-0.05, 0) is 31.6 Å². The van der Waals surface area contributed by atoms with Gasteiger partial charge in [-0.3, -0.25) is 10.1 Å². The van der Waals surface area contributed by atoms with Crippen LogP contribution in [-0.2, 0) is 4.79 Å². The summed E-state index contributed by atoms with van der Waals surface area (Å²) < 4.78 is 0. The Bertz CT molecular complexity index is 343. The van der Waals surface area contributed by atoms with E-state index in [0.717, 1.165) is 25.7 Å². The maximum Gasteiger partial charge on any atom is 0.244 e. The predicted molar refractivity (Wildman–Crippen MR) is 83.3 cm³/mol. The van der Waals surface area contributed by atoms with Crippen molar-refractivity contribution in [2.24, 2.45) is 11.8 Å². The van der Waals surface area contributed by atoms with E-state index >= 15 is 0 Å². The maximum atomic E-state index is 13.1. The third kappa shape index (κ3) is 2.49. The van der Waals surface area contributed by atoms with Gasteiger partial charge < -0.3 is 4.90 Å². The molecule has 0 bridgehead atoms. The molecule has 1 heterocycles. The van der Waals surface area contributed by atoms with Gasteiger partial charge in [-0.25, -0.2) is 0 Å². The van der Waals surface area contributed by atoms with Gasteiger partial charge in [-0.1, -0.05) is 53.4 Å². The number of nitrogens with zero attached hydrogens (tertiary/aromatic N) is 1. The zero-order chi connectivity index (χ0) is 14.9. The van der Waals surface area contributed by atoms with E-state index in [4.69, 9.17) is 0 Å². The zero-order valence-corrected chi connectivity index (χ0v) is 13.9. The van der Waals surface area contributed by atoms with Crippen molar-refractivity contribution in [1.82, 2.24) is 10.2 Å². The quantitative estimate of drug-likeness (QED) is 0.835. The van der Waals surface area contributed by atoms with Crippen LogP contribution in [0.25, 0.3) is 0 Å². The monoisotopic (exact) mass is 280 g/mol. The van der Waals surface area contributed by atoms with E-state index in [1.165, 1.54) is 12.8 Å². The lowest BCUT2D eigenvalue weighted by atomic mass is 9.92. The fraction of sp³-hybridized carbons (Fsp3) is 0.941. The van der Waals surface area contributed by atoms with Crippen molar-refractivity contribution in [2.45, 2.75) is 90.9 Å². The van der Waals surface area contributed by atoms with Gasteiger partial charge in [0.15, 0.2) is 0 Å².